The third-order valence-electron chi connectivity index (χ3n) is 2.16. The van der Waals surface area contributed by atoms with Crippen LogP contribution in [0.15, 0.2) is 66.8 Å². The first-order valence-corrected chi connectivity index (χ1v) is 5.62. The molecule has 1 aromatic carbocycles. The second kappa shape index (κ2) is 7.66. The van der Waals surface area contributed by atoms with Crippen LogP contribution in [-0.4, -0.2) is 11.9 Å². The van der Waals surface area contributed by atoms with E-state index in [4.69, 9.17) is 0 Å². The van der Waals surface area contributed by atoms with Gasteiger partial charge in [0.2, 0.25) is 0 Å². The summed E-state index contributed by atoms with van der Waals surface area (Å²) in [5.74, 6) is -1.47. The van der Waals surface area contributed by atoms with Gasteiger partial charge in [-0.3, -0.25) is 0 Å². The average Bonchev–Trinajstić information content (AvgIpc) is 2.46. The van der Waals surface area contributed by atoms with E-state index >= 15 is 0 Å². The van der Waals surface area contributed by atoms with Gasteiger partial charge in [-0.05, 0) is 25.1 Å². The van der Waals surface area contributed by atoms with Gasteiger partial charge in [-0.15, -0.1) is 0 Å². The van der Waals surface area contributed by atoms with E-state index in [0.29, 0.717) is 5.56 Å². The minimum absolute atomic E-state index is 0.265. The molecule has 0 unspecified atom stereocenters. The molecule has 0 heterocycles. The summed E-state index contributed by atoms with van der Waals surface area (Å²) in [7, 11) is 0. The highest BCUT2D eigenvalue weighted by Crippen LogP contribution is 2.05. The third kappa shape index (κ3) is 4.63. The van der Waals surface area contributed by atoms with Crippen molar-refractivity contribution in [3.05, 3.63) is 72.4 Å². The van der Waals surface area contributed by atoms with E-state index in [1.54, 1.807) is 49.4 Å². The topological polar surface area (TPSA) is 52.6 Å². The summed E-state index contributed by atoms with van der Waals surface area (Å²) in [6.07, 6.45) is 6.15. The van der Waals surface area contributed by atoms with Gasteiger partial charge >= 0.3 is 11.9 Å². The van der Waals surface area contributed by atoms with Crippen LogP contribution in [0.2, 0.25) is 0 Å². The molecule has 0 fully saturated rings. The Morgan fingerprint density at radius 2 is 1.84 bits per heavy atom. The molecule has 0 saturated carbocycles. The summed E-state index contributed by atoms with van der Waals surface area (Å²) in [6, 6.07) is 8.25. The Kier molecular flexibility index (Phi) is 5.82. The Hall–Kier alpha value is -2.62. The molecule has 4 heteroatoms. The molecule has 1 aromatic rings. The smallest absolute Gasteiger partial charge is 0.242 e. The Morgan fingerprint density at radius 1 is 1.16 bits per heavy atom. The van der Waals surface area contributed by atoms with E-state index in [0.717, 1.165) is 0 Å². The van der Waals surface area contributed by atoms with E-state index in [-0.39, 0.29) is 5.57 Å². The van der Waals surface area contributed by atoms with Crippen LogP contribution in [0.1, 0.15) is 17.3 Å². The number of carbonyl (C=O) groups is 2. The van der Waals surface area contributed by atoms with Crippen LogP contribution >= 0.6 is 0 Å². The van der Waals surface area contributed by atoms with Gasteiger partial charge in [0.1, 0.15) is 0 Å². The van der Waals surface area contributed by atoms with Crippen LogP contribution in [0.5, 0.6) is 0 Å². The van der Waals surface area contributed by atoms with E-state index < -0.39 is 11.9 Å². The lowest BCUT2D eigenvalue weighted by Gasteiger charge is -2.03. The fraction of sp³-hybridized carbons (Fsp3) is 0.0667. The summed E-state index contributed by atoms with van der Waals surface area (Å²) in [4.78, 5) is 32.0. The minimum atomic E-state index is -0.745. The van der Waals surface area contributed by atoms with Gasteiger partial charge in [0.05, 0.1) is 11.1 Å². The van der Waals surface area contributed by atoms with Crippen molar-refractivity contribution in [2.24, 2.45) is 0 Å². The minimum Gasteiger partial charge on any atom is -0.242 e. The zero-order chi connectivity index (χ0) is 14.1. The largest absolute Gasteiger partial charge is 0.386 e. The van der Waals surface area contributed by atoms with E-state index in [2.05, 4.69) is 16.4 Å². The first-order valence-electron chi connectivity index (χ1n) is 5.62. The lowest BCUT2D eigenvalue weighted by atomic mass is 10.2. The lowest BCUT2D eigenvalue weighted by molar-refractivity contribution is -0.229. The van der Waals surface area contributed by atoms with Crippen LogP contribution in [0, 0.1) is 0 Å². The maximum Gasteiger partial charge on any atom is 0.386 e. The lowest BCUT2D eigenvalue weighted by Crippen LogP contribution is -2.12. The Balaban J connectivity index is 2.57. The molecule has 0 amide bonds. The van der Waals surface area contributed by atoms with E-state index in [1.807, 2.05) is 0 Å². The van der Waals surface area contributed by atoms with Crippen molar-refractivity contribution < 1.29 is 19.4 Å². The molecule has 0 aliphatic rings. The molecule has 1 rings (SSSR count). The van der Waals surface area contributed by atoms with Crippen LogP contribution in [0.3, 0.4) is 0 Å². The maximum atomic E-state index is 11.6. The normalized spacial score (nSPS) is 11.1. The number of hydrogen-bond acceptors (Lipinski definition) is 4. The van der Waals surface area contributed by atoms with Crippen molar-refractivity contribution in [2.75, 3.05) is 0 Å². The highest BCUT2D eigenvalue weighted by atomic mass is 17.2. The predicted octanol–water partition coefficient (Wildman–Crippen LogP) is 2.99. The summed E-state index contributed by atoms with van der Waals surface area (Å²) >= 11 is 0. The molecular weight excluding hydrogens is 244 g/mol. The van der Waals surface area contributed by atoms with E-state index in [1.165, 1.54) is 12.2 Å². The van der Waals surface area contributed by atoms with Crippen molar-refractivity contribution in [3.8, 4) is 0 Å². The Morgan fingerprint density at radius 3 is 2.42 bits per heavy atom. The molecule has 98 valence electrons. The summed E-state index contributed by atoms with van der Waals surface area (Å²) in [5, 5.41) is 0. The maximum absolute atomic E-state index is 11.6. The molecule has 0 N–H and O–H groups in total. The van der Waals surface area contributed by atoms with Crippen LogP contribution in [0.4, 0.5) is 0 Å². The van der Waals surface area contributed by atoms with Gasteiger partial charge in [0.15, 0.2) is 0 Å². The van der Waals surface area contributed by atoms with Crippen LogP contribution in [0.25, 0.3) is 0 Å². The summed E-state index contributed by atoms with van der Waals surface area (Å²) in [5.41, 5.74) is 0.569. The number of hydrogen-bond donors (Lipinski definition) is 0. The molecule has 0 bridgehead atoms. The monoisotopic (exact) mass is 258 g/mol. The number of rotatable bonds is 4. The molecule has 0 aliphatic heterocycles. The predicted molar refractivity (Wildman–Crippen MR) is 71.0 cm³/mol. The van der Waals surface area contributed by atoms with Gasteiger partial charge in [-0.25, -0.2) is 19.4 Å². The van der Waals surface area contributed by atoms with Crippen molar-refractivity contribution in [1.82, 2.24) is 0 Å². The highest BCUT2D eigenvalue weighted by Gasteiger charge is 2.13. The fourth-order valence-corrected chi connectivity index (χ4v) is 1.20. The van der Waals surface area contributed by atoms with Gasteiger partial charge in [0.25, 0.3) is 0 Å². The molecule has 0 spiro atoms. The first kappa shape index (κ1) is 14.4. The van der Waals surface area contributed by atoms with Crippen LogP contribution in [-0.2, 0) is 14.6 Å². The SMILES string of the molecule is C=C/C=C\C(=C/C)C(=O)OOC(=O)c1ccccc1. The van der Waals surface area contributed by atoms with Gasteiger partial charge in [-0.2, -0.15) is 0 Å². The average molecular weight is 258 g/mol. The van der Waals surface area contributed by atoms with Gasteiger partial charge in [-0.1, -0.05) is 43.0 Å². The van der Waals surface area contributed by atoms with Crippen molar-refractivity contribution >= 4 is 11.9 Å². The standard InChI is InChI=1S/C15H14O4/c1-3-5-9-12(4-2)14(16)18-19-15(17)13-10-7-6-8-11-13/h3-11H,1H2,2H3/b9-5-,12-4+. The van der Waals surface area contributed by atoms with Crippen LogP contribution < -0.4 is 0 Å². The fourth-order valence-electron chi connectivity index (χ4n) is 1.20. The molecule has 0 saturated heterocycles. The quantitative estimate of drug-likeness (QED) is 0.360. The molecular formula is C15H14O4. The first-order chi connectivity index (χ1) is 9.19. The zero-order valence-electron chi connectivity index (χ0n) is 10.5. The van der Waals surface area contributed by atoms with E-state index in [9.17, 15) is 9.59 Å². The third-order valence-corrected chi connectivity index (χ3v) is 2.16. The van der Waals surface area contributed by atoms with Crippen molar-refractivity contribution in [3.63, 3.8) is 0 Å². The zero-order valence-corrected chi connectivity index (χ0v) is 10.5. The molecule has 4 nitrogen and oxygen atoms in total. The molecule has 0 radical (unpaired) electrons. The number of carbonyl (C=O) groups excluding carboxylic acids is 2. The Bertz CT molecular complexity index is 512. The number of allylic oxidation sites excluding steroid dienone is 3. The summed E-state index contributed by atoms with van der Waals surface area (Å²) in [6.45, 7) is 5.16. The Labute approximate surface area is 111 Å². The second-order valence-corrected chi connectivity index (χ2v) is 3.45. The molecule has 0 atom stereocenters. The van der Waals surface area contributed by atoms with Gasteiger partial charge in [0, 0.05) is 0 Å². The van der Waals surface area contributed by atoms with Gasteiger partial charge < -0.3 is 0 Å². The molecule has 0 aromatic heterocycles. The number of benzene rings is 1. The molecule has 0 aliphatic carbocycles. The summed E-state index contributed by atoms with van der Waals surface area (Å²) < 4.78 is 0. The second-order valence-electron chi connectivity index (χ2n) is 3.45. The molecule has 19 heavy (non-hydrogen) atoms. The highest BCUT2D eigenvalue weighted by molar-refractivity contribution is 5.93. The van der Waals surface area contributed by atoms with Crippen molar-refractivity contribution in [1.29, 1.82) is 0 Å². The van der Waals surface area contributed by atoms with Crippen molar-refractivity contribution in [2.45, 2.75) is 6.92 Å².